The van der Waals surface area contributed by atoms with E-state index in [-0.39, 0.29) is 11.9 Å². The molecule has 3 rings (SSSR count). The van der Waals surface area contributed by atoms with E-state index in [2.05, 4.69) is 10.4 Å². The van der Waals surface area contributed by atoms with Crippen molar-refractivity contribution < 1.29 is 14.4 Å². The van der Waals surface area contributed by atoms with Crippen molar-refractivity contribution in [1.29, 1.82) is 0 Å². The molecular weight excluding hydrogens is 346 g/mol. The highest BCUT2D eigenvalue weighted by Crippen LogP contribution is 2.13. The average molecular weight is 369 g/mol. The molecule has 1 N–H and O–H groups in total. The number of hydrogen-bond donors (Lipinski definition) is 1. The molecule has 1 aromatic heterocycles. The molecule has 1 saturated heterocycles. The molecule has 0 saturated carbocycles. The van der Waals surface area contributed by atoms with E-state index in [1.165, 1.54) is 4.90 Å². The van der Waals surface area contributed by atoms with Crippen LogP contribution in [-0.2, 0) is 9.59 Å². The lowest BCUT2D eigenvalue weighted by atomic mass is 10.1. The summed E-state index contributed by atoms with van der Waals surface area (Å²) in [6, 6.07) is 8.97. The van der Waals surface area contributed by atoms with E-state index in [1.54, 1.807) is 41.8 Å². The maximum atomic E-state index is 12.7. The van der Waals surface area contributed by atoms with Gasteiger partial charge < -0.3 is 15.1 Å². The van der Waals surface area contributed by atoms with Gasteiger partial charge in [0.05, 0.1) is 5.69 Å². The summed E-state index contributed by atoms with van der Waals surface area (Å²) in [4.78, 5) is 39.8. The summed E-state index contributed by atoms with van der Waals surface area (Å²) in [5.41, 5.74) is 1.46. The molecule has 0 atom stereocenters. The minimum Gasteiger partial charge on any atom is -0.346 e. The fourth-order valence-corrected chi connectivity index (χ4v) is 2.94. The summed E-state index contributed by atoms with van der Waals surface area (Å²) in [6.45, 7) is 5.11. The molecule has 1 aliphatic heterocycles. The topological polar surface area (TPSA) is 87.5 Å². The molecule has 0 aliphatic carbocycles. The fourth-order valence-electron chi connectivity index (χ4n) is 2.94. The van der Waals surface area contributed by atoms with Gasteiger partial charge in [-0.1, -0.05) is 0 Å². The van der Waals surface area contributed by atoms with Crippen molar-refractivity contribution in [2.24, 2.45) is 0 Å². The van der Waals surface area contributed by atoms with Gasteiger partial charge in [-0.15, -0.1) is 0 Å². The normalized spacial score (nSPS) is 14.3. The standard InChI is InChI=1S/C19H23N5O3/c1-14(2)21-17(25)19(27)23-12-10-22(11-13-23)18(26)15-4-6-16(7-5-15)24-9-3-8-20-24/h3-9,14H,10-13H2,1-2H3,(H,21,25). The van der Waals surface area contributed by atoms with Gasteiger partial charge in [-0.3, -0.25) is 14.4 Å². The average Bonchev–Trinajstić information content (AvgIpc) is 3.21. The van der Waals surface area contributed by atoms with Crippen LogP contribution in [0.4, 0.5) is 0 Å². The van der Waals surface area contributed by atoms with Crippen LogP contribution in [0.5, 0.6) is 0 Å². The molecule has 3 amide bonds. The van der Waals surface area contributed by atoms with Crippen molar-refractivity contribution in [2.75, 3.05) is 26.2 Å². The third-order valence-corrected chi connectivity index (χ3v) is 4.35. The molecular formula is C19H23N5O3. The summed E-state index contributed by atoms with van der Waals surface area (Å²) in [6.07, 6.45) is 3.53. The van der Waals surface area contributed by atoms with E-state index in [1.807, 2.05) is 24.4 Å². The van der Waals surface area contributed by atoms with Gasteiger partial charge in [0.1, 0.15) is 0 Å². The van der Waals surface area contributed by atoms with Gasteiger partial charge in [-0.25, -0.2) is 4.68 Å². The molecule has 2 aromatic rings. The van der Waals surface area contributed by atoms with E-state index >= 15 is 0 Å². The summed E-state index contributed by atoms with van der Waals surface area (Å²) >= 11 is 0. The molecule has 0 radical (unpaired) electrons. The van der Waals surface area contributed by atoms with E-state index in [0.717, 1.165) is 5.69 Å². The van der Waals surface area contributed by atoms with Crippen molar-refractivity contribution in [2.45, 2.75) is 19.9 Å². The monoisotopic (exact) mass is 369 g/mol. The lowest BCUT2D eigenvalue weighted by molar-refractivity contribution is -0.147. The molecule has 8 heteroatoms. The van der Waals surface area contributed by atoms with Crippen LogP contribution >= 0.6 is 0 Å². The Morgan fingerprint density at radius 2 is 1.63 bits per heavy atom. The first-order valence-electron chi connectivity index (χ1n) is 8.95. The molecule has 8 nitrogen and oxygen atoms in total. The number of carbonyl (C=O) groups is 3. The molecule has 27 heavy (non-hydrogen) atoms. The largest absolute Gasteiger partial charge is 0.346 e. The quantitative estimate of drug-likeness (QED) is 0.806. The van der Waals surface area contributed by atoms with Crippen molar-refractivity contribution in [1.82, 2.24) is 24.9 Å². The molecule has 0 bridgehead atoms. The number of benzene rings is 1. The highest BCUT2D eigenvalue weighted by atomic mass is 16.2. The van der Waals surface area contributed by atoms with Crippen molar-refractivity contribution in [3.8, 4) is 5.69 Å². The van der Waals surface area contributed by atoms with Crippen molar-refractivity contribution in [3.05, 3.63) is 48.3 Å². The number of aromatic nitrogens is 2. The maximum Gasteiger partial charge on any atom is 0.312 e. The van der Waals surface area contributed by atoms with Gasteiger partial charge in [0.15, 0.2) is 0 Å². The number of hydrogen-bond acceptors (Lipinski definition) is 4. The highest BCUT2D eigenvalue weighted by Gasteiger charge is 2.28. The predicted octanol–water partition coefficient (Wildman–Crippen LogP) is 0.681. The molecule has 0 unspecified atom stereocenters. The van der Waals surface area contributed by atoms with Crippen LogP contribution in [-0.4, -0.2) is 69.5 Å². The molecule has 1 fully saturated rings. The predicted molar refractivity (Wildman–Crippen MR) is 99.3 cm³/mol. The van der Waals surface area contributed by atoms with Crippen LogP contribution in [0.1, 0.15) is 24.2 Å². The Morgan fingerprint density at radius 3 is 2.19 bits per heavy atom. The Bertz CT molecular complexity index is 806. The van der Waals surface area contributed by atoms with Gasteiger partial charge in [0.2, 0.25) is 0 Å². The van der Waals surface area contributed by atoms with Crippen LogP contribution in [0.15, 0.2) is 42.7 Å². The number of carbonyl (C=O) groups excluding carboxylic acids is 3. The van der Waals surface area contributed by atoms with E-state index in [9.17, 15) is 14.4 Å². The number of nitrogens with one attached hydrogen (secondary N) is 1. The van der Waals surface area contributed by atoms with Crippen LogP contribution in [0.3, 0.4) is 0 Å². The lowest BCUT2D eigenvalue weighted by Gasteiger charge is -2.34. The molecule has 1 aromatic carbocycles. The van der Waals surface area contributed by atoms with Gasteiger partial charge in [0.25, 0.3) is 5.91 Å². The Hall–Kier alpha value is -3.16. The summed E-state index contributed by atoms with van der Waals surface area (Å²) in [5.74, 6) is -1.22. The molecule has 0 spiro atoms. The minimum atomic E-state index is -0.598. The van der Waals surface area contributed by atoms with Crippen molar-refractivity contribution in [3.63, 3.8) is 0 Å². The third kappa shape index (κ3) is 4.33. The SMILES string of the molecule is CC(C)NC(=O)C(=O)N1CCN(C(=O)c2ccc(-n3cccn3)cc2)CC1. The fraction of sp³-hybridized carbons (Fsp3) is 0.368. The van der Waals surface area contributed by atoms with Gasteiger partial charge in [0, 0.05) is 50.2 Å². The molecule has 142 valence electrons. The first-order valence-corrected chi connectivity index (χ1v) is 8.95. The smallest absolute Gasteiger partial charge is 0.312 e. The Balaban J connectivity index is 1.57. The first-order chi connectivity index (χ1) is 13.0. The van der Waals surface area contributed by atoms with Crippen LogP contribution in [0.25, 0.3) is 5.69 Å². The Labute approximate surface area is 157 Å². The summed E-state index contributed by atoms with van der Waals surface area (Å²) < 4.78 is 1.72. The van der Waals surface area contributed by atoms with Crippen LogP contribution < -0.4 is 5.32 Å². The lowest BCUT2D eigenvalue weighted by Crippen LogP contribution is -2.54. The third-order valence-electron chi connectivity index (χ3n) is 4.35. The number of amides is 3. The number of rotatable bonds is 3. The van der Waals surface area contributed by atoms with Crippen LogP contribution in [0, 0.1) is 0 Å². The van der Waals surface area contributed by atoms with Gasteiger partial charge in [-0.05, 0) is 44.2 Å². The van der Waals surface area contributed by atoms with E-state index in [4.69, 9.17) is 0 Å². The zero-order valence-electron chi connectivity index (χ0n) is 15.5. The second-order valence-corrected chi connectivity index (χ2v) is 6.71. The number of piperazine rings is 1. The Kier molecular flexibility index (Phi) is 5.54. The van der Waals surface area contributed by atoms with Gasteiger partial charge >= 0.3 is 11.8 Å². The molecule has 2 heterocycles. The Morgan fingerprint density at radius 1 is 1.00 bits per heavy atom. The molecule has 1 aliphatic rings. The first kappa shape index (κ1) is 18.6. The maximum absolute atomic E-state index is 12.7. The second kappa shape index (κ2) is 8.03. The minimum absolute atomic E-state index is 0.0826. The van der Waals surface area contributed by atoms with E-state index in [0.29, 0.717) is 31.7 Å². The van der Waals surface area contributed by atoms with Gasteiger partial charge in [-0.2, -0.15) is 5.10 Å². The summed E-state index contributed by atoms with van der Waals surface area (Å²) in [5, 5.41) is 6.76. The van der Waals surface area contributed by atoms with E-state index < -0.39 is 11.8 Å². The zero-order chi connectivity index (χ0) is 19.4. The zero-order valence-corrected chi connectivity index (χ0v) is 15.5. The summed E-state index contributed by atoms with van der Waals surface area (Å²) in [7, 11) is 0. The second-order valence-electron chi connectivity index (χ2n) is 6.71. The number of nitrogens with zero attached hydrogens (tertiary/aromatic N) is 4. The van der Waals surface area contributed by atoms with Crippen LogP contribution in [0.2, 0.25) is 0 Å². The van der Waals surface area contributed by atoms with Crippen molar-refractivity contribution >= 4 is 17.7 Å². The highest BCUT2D eigenvalue weighted by molar-refractivity contribution is 6.35.